The smallest absolute Gasteiger partial charge is 0.108 e. The van der Waals surface area contributed by atoms with E-state index < -0.39 is 0 Å². The first-order valence-electron chi connectivity index (χ1n) is 6.65. The average molecular weight is 246 g/mol. The van der Waals surface area contributed by atoms with E-state index in [-0.39, 0.29) is 5.54 Å². The van der Waals surface area contributed by atoms with Crippen LogP contribution in [0.4, 0.5) is 0 Å². The lowest BCUT2D eigenvalue weighted by Crippen LogP contribution is -2.46. The van der Waals surface area contributed by atoms with Gasteiger partial charge in [-0.2, -0.15) is 10.4 Å². The van der Waals surface area contributed by atoms with Gasteiger partial charge >= 0.3 is 0 Å². The Morgan fingerprint density at radius 3 is 2.67 bits per heavy atom. The van der Waals surface area contributed by atoms with E-state index in [0.717, 1.165) is 31.4 Å². The SMILES string of the molecule is CNC1(C#N)CCCC(n2nc(C)c(C)c2C)C1. The second-order valence-electron chi connectivity index (χ2n) is 5.43. The molecule has 0 saturated heterocycles. The molecular formula is C14H22N4. The summed E-state index contributed by atoms with van der Waals surface area (Å²) in [5.74, 6) is 0. The molecule has 0 bridgehead atoms. The first-order chi connectivity index (χ1) is 8.53. The van der Waals surface area contributed by atoms with E-state index in [4.69, 9.17) is 0 Å². The molecule has 4 heteroatoms. The number of rotatable bonds is 2. The van der Waals surface area contributed by atoms with Gasteiger partial charge in [0.2, 0.25) is 0 Å². The highest BCUT2D eigenvalue weighted by Crippen LogP contribution is 2.35. The molecule has 1 aliphatic rings. The summed E-state index contributed by atoms with van der Waals surface area (Å²) < 4.78 is 2.13. The van der Waals surface area contributed by atoms with Crippen LogP contribution in [0.5, 0.6) is 0 Å². The number of nitrogens with zero attached hydrogens (tertiary/aromatic N) is 3. The minimum Gasteiger partial charge on any atom is -0.302 e. The standard InChI is InChI=1S/C14H22N4/c1-10-11(2)17-18(12(10)3)13-6-5-7-14(8-13,9-15)16-4/h13,16H,5-8H2,1-4H3. The molecule has 4 nitrogen and oxygen atoms in total. The molecule has 1 fully saturated rings. The summed E-state index contributed by atoms with van der Waals surface area (Å²) in [7, 11) is 1.89. The molecule has 1 aliphatic carbocycles. The first kappa shape index (κ1) is 13.1. The Bertz CT molecular complexity index is 483. The summed E-state index contributed by atoms with van der Waals surface area (Å²) in [6.07, 6.45) is 3.99. The fraction of sp³-hybridized carbons (Fsp3) is 0.714. The van der Waals surface area contributed by atoms with Crippen molar-refractivity contribution >= 4 is 0 Å². The predicted molar refractivity (Wildman–Crippen MR) is 71.3 cm³/mol. The van der Waals surface area contributed by atoms with Gasteiger partial charge in [-0.3, -0.25) is 4.68 Å². The van der Waals surface area contributed by atoms with Crippen molar-refractivity contribution in [3.05, 3.63) is 17.0 Å². The fourth-order valence-electron chi connectivity index (χ4n) is 2.94. The van der Waals surface area contributed by atoms with E-state index in [0.29, 0.717) is 6.04 Å². The first-order valence-corrected chi connectivity index (χ1v) is 6.65. The zero-order valence-corrected chi connectivity index (χ0v) is 11.7. The molecule has 0 radical (unpaired) electrons. The minimum atomic E-state index is -0.372. The Hall–Kier alpha value is -1.34. The van der Waals surface area contributed by atoms with E-state index in [2.05, 4.69) is 41.9 Å². The van der Waals surface area contributed by atoms with Gasteiger partial charge < -0.3 is 5.32 Å². The second kappa shape index (κ2) is 4.74. The van der Waals surface area contributed by atoms with Gasteiger partial charge in [0.25, 0.3) is 0 Å². The van der Waals surface area contributed by atoms with Crippen LogP contribution >= 0.6 is 0 Å². The topological polar surface area (TPSA) is 53.6 Å². The van der Waals surface area contributed by atoms with Crippen LogP contribution in [-0.4, -0.2) is 22.4 Å². The van der Waals surface area contributed by atoms with Crippen LogP contribution in [0.25, 0.3) is 0 Å². The van der Waals surface area contributed by atoms with Crippen molar-refractivity contribution in [2.75, 3.05) is 7.05 Å². The van der Waals surface area contributed by atoms with Crippen molar-refractivity contribution in [1.82, 2.24) is 15.1 Å². The lowest BCUT2D eigenvalue weighted by molar-refractivity contribution is 0.227. The number of nitrogens with one attached hydrogen (secondary N) is 1. The van der Waals surface area contributed by atoms with Gasteiger partial charge in [-0.25, -0.2) is 0 Å². The molecule has 1 N–H and O–H groups in total. The van der Waals surface area contributed by atoms with Crippen LogP contribution in [0.3, 0.4) is 0 Å². The number of hydrogen-bond acceptors (Lipinski definition) is 3. The Morgan fingerprint density at radius 2 is 2.17 bits per heavy atom. The van der Waals surface area contributed by atoms with Crippen molar-refractivity contribution in [2.24, 2.45) is 0 Å². The maximum absolute atomic E-state index is 9.39. The molecule has 1 saturated carbocycles. The molecule has 1 heterocycles. The molecule has 1 aromatic heterocycles. The maximum Gasteiger partial charge on any atom is 0.108 e. The van der Waals surface area contributed by atoms with Crippen molar-refractivity contribution < 1.29 is 0 Å². The van der Waals surface area contributed by atoms with Crippen LogP contribution in [0.15, 0.2) is 0 Å². The second-order valence-corrected chi connectivity index (χ2v) is 5.43. The van der Waals surface area contributed by atoms with Gasteiger partial charge in [-0.1, -0.05) is 0 Å². The number of aromatic nitrogens is 2. The molecule has 0 spiro atoms. The van der Waals surface area contributed by atoms with E-state index in [1.165, 1.54) is 11.3 Å². The highest BCUT2D eigenvalue weighted by atomic mass is 15.3. The number of nitriles is 1. The van der Waals surface area contributed by atoms with Gasteiger partial charge in [0.15, 0.2) is 0 Å². The van der Waals surface area contributed by atoms with Gasteiger partial charge in [0, 0.05) is 12.1 Å². The minimum absolute atomic E-state index is 0.346. The average Bonchev–Trinajstić information content (AvgIpc) is 2.66. The van der Waals surface area contributed by atoms with Gasteiger partial charge in [0.05, 0.1) is 17.8 Å². The van der Waals surface area contributed by atoms with Gasteiger partial charge in [-0.05, 0) is 52.6 Å². The third kappa shape index (κ3) is 2.04. The highest BCUT2D eigenvalue weighted by molar-refractivity contribution is 5.23. The Morgan fingerprint density at radius 1 is 1.44 bits per heavy atom. The Balaban J connectivity index is 2.29. The van der Waals surface area contributed by atoms with Crippen LogP contribution in [0.2, 0.25) is 0 Å². The van der Waals surface area contributed by atoms with Crippen LogP contribution in [-0.2, 0) is 0 Å². The van der Waals surface area contributed by atoms with E-state index in [1.54, 1.807) is 0 Å². The monoisotopic (exact) mass is 246 g/mol. The zero-order valence-electron chi connectivity index (χ0n) is 11.7. The van der Waals surface area contributed by atoms with Crippen LogP contribution in [0.1, 0.15) is 48.7 Å². The Kier molecular flexibility index (Phi) is 3.45. The zero-order chi connectivity index (χ0) is 13.3. The predicted octanol–water partition coefficient (Wildman–Crippen LogP) is 2.41. The molecule has 2 unspecified atom stereocenters. The van der Waals surface area contributed by atoms with Crippen molar-refractivity contribution in [3.8, 4) is 6.07 Å². The van der Waals surface area contributed by atoms with Crippen LogP contribution in [0, 0.1) is 32.1 Å². The lowest BCUT2D eigenvalue weighted by Gasteiger charge is -2.36. The van der Waals surface area contributed by atoms with E-state index >= 15 is 0 Å². The molecule has 2 rings (SSSR count). The molecule has 98 valence electrons. The van der Waals surface area contributed by atoms with Crippen molar-refractivity contribution in [3.63, 3.8) is 0 Å². The summed E-state index contributed by atoms with van der Waals surface area (Å²) in [6.45, 7) is 6.29. The van der Waals surface area contributed by atoms with Crippen molar-refractivity contribution in [1.29, 1.82) is 5.26 Å². The molecule has 2 atom stereocenters. The molecular weight excluding hydrogens is 224 g/mol. The normalized spacial score (nSPS) is 28.1. The third-order valence-electron chi connectivity index (χ3n) is 4.45. The summed E-state index contributed by atoms with van der Waals surface area (Å²) in [5, 5.41) is 17.2. The molecule has 0 amide bonds. The molecule has 1 aromatic rings. The highest BCUT2D eigenvalue weighted by Gasteiger charge is 2.36. The van der Waals surface area contributed by atoms with Gasteiger partial charge in [-0.15, -0.1) is 0 Å². The van der Waals surface area contributed by atoms with E-state index in [1.807, 2.05) is 7.05 Å². The number of hydrogen-bond donors (Lipinski definition) is 1. The molecule has 0 aliphatic heterocycles. The quantitative estimate of drug-likeness (QED) is 0.871. The lowest BCUT2D eigenvalue weighted by atomic mass is 9.80. The van der Waals surface area contributed by atoms with Crippen molar-refractivity contribution in [2.45, 2.75) is 58.0 Å². The molecule has 18 heavy (non-hydrogen) atoms. The summed E-state index contributed by atoms with van der Waals surface area (Å²) in [6, 6.07) is 2.80. The molecule has 0 aromatic carbocycles. The van der Waals surface area contributed by atoms with Gasteiger partial charge in [0.1, 0.15) is 5.54 Å². The summed E-state index contributed by atoms with van der Waals surface area (Å²) >= 11 is 0. The Labute approximate surface area is 109 Å². The fourth-order valence-corrected chi connectivity index (χ4v) is 2.94. The largest absolute Gasteiger partial charge is 0.302 e. The van der Waals surface area contributed by atoms with Crippen LogP contribution < -0.4 is 5.32 Å². The summed E-state index contributed by atoms with van der Waals surface area (Å²) in [4.78, 5) is 0. The van der Waals surface area contributed by atoms with E-state index in [9.17, 15) is 5.26 Å². The third-order valence-corrected chi connectivity index (χ3v) is 4.45. The maximum atomic E-state index is 9.39. The number of aryl methyl sites for hydroxylation is 1. The summed E-state index contributed by atoms with van der Waals surface area (Å²) in [5.41, 5.74) is 3.24.